The molecule has 2 atom stereocenters. The number of nitriles is 1. The molecule has 0 saturated heterocycles. The summed E-state index contributed by atoms with van der Waals surface area (Å²) >= 11 is 3.41. The molecule has 1 N–H and O–H groups in total. The van der Waals surface area contributed by atoms with E-state index in [0.717, 1.165) is 45.3 Å². The van der Waals surface area contributed by atoms with Crippen LogP contribution in [0.3, 0.4) is 0 Å². The van der Waals surface area contributed by atoms with Crippen LogP contribution >= 0.6 is 23.1 Å². The number of methoxy groups -OCH3 is 1. The number of thiazole rings is 1. The summed E-state index contributed by atoms with van der Waals surface area (Å²) in [6, 6.07) is 7.92. The van der Waals surface area contributed by atoms with Crippen LogP contribution in [0.1, 0.15) is 25.7 Å². The van der Waals surface area contributed by atoms with Gasteiger partial charge in [-0.3, -0.25) is 4.79 Å². The summed E-state index contributed by atoms with van der Waals surface area (Å²) < 4.78 is 7.43. The Bertz CT molecular complexity index is 784. The van der Waals surface area contributed by atoms with Crippen molar-refractivity contribution >= 4 is 39.2 Å². The molecule has 3 rings (SSSR count). The van der Waals surface area contributed by atoms with Gasteiger partial charge in [-0.1, -0.05) is 24.6 Å². The van der Waals surface area contributed by atoms with Crippen LogP contribution in [0.15, 0.2) is 22.5 Å². The molecule has 2 aromatic rings. The first-order valence-corrected chi connectivity index (χ1v) is 10.2. The molecule has 1 amide bonds. The summed E-state index contributed by atoms with van der Waals surface area (Å²) in [6.07, 6.45) is 4.24. The van der Waals surface area contributed by atoms with E-state index >= 15 is 0 Å². The Balaban J connectivity index is 1.64. The Labute approximate surface area is 155 Å². The molecular formula is C18H21N3O2S2. The second-order valence-electron chi connectivity index (χ2n) is 6.15. The van der Waals surface area contributed by atoms with E-state index < -0.39 is 0 Å². The van der Waals surface area contributed by atoms with Gasteiger partial charge < -0.3 is 10.1 Å². The number of nitrogens with zero attached hydrogens (tertiary/aromatic N) is 2. The van der Waals surface area contributed by atoms with E-state index in [2.05, 4.69) is 10.3 Å². The molecule has 25 heavy (non-hydrogen) atoms. The maximum atomic E-state index is 12.3. The first kappa shape index (κ1) is 18.0. The molecule has 1 aliphatic rings. The lowest BCUT2D eigenvalue weighted by molar-refractivity contribution is -0.127. The largest absolute Gasteiger partial charge is 0.497 e. The molecule has 1 heterocycles. The third-order valence-corrected chi connectivity index (χ3v) is 6.95. The summed E-state index contributed by atoms with van der Waals surface area (Å²) in [5, 5.41) is 11.4. The highest BCUT2D eigenvalue weighted by Gasteiger charge is 2.30. The number of fused-ring (bicyclic) bond motifs is 1. The zero-order valence-corrected chi connectivity index (χ0v) is 15.8. The number of aromatic nitrogens is 1. The number of nitrogens with one attached hydrogen (secondary N) is 1. The third-order valence-electron chi connectivity index (χ3n) is 4.58. The van der Waals surface area contributed by atoms with Gasteiger partial charge in [0, 0.05) is 17.7 Å². The quantitative estimate of drug-likeness (QED) is 0.613. The summed E-state index contributed by atoms with van der Waals surface area (Å²) in [5.41, 5.74) is 0.957. The second-order valence-corrected chi connectivity index (χ2v) is 8.45. The first-order valence-electron chi connectivity index (χ1n) is 8.43. The van der Waals surface area contributed by atoms with Crippen LogP contribution in [0.25, 0.3) is 10.2 Å². The van der Waals surface area contributed by atoms with Crippen molar-refractivity contribution in [1.29, 1.82) is 5.26 Å². The SMILES string of the molecule is COc1ccc2sc(SCC3CCCCC3C(=O)NCC#N)nc2c1. The minimum Gasteiger partial charge on any atom is -0.497 e. The van der Waals surface area contributed by atoms with Crippen molar-refractivity contribution in [3.63, 3.8) is 0 Å². The second kappa shape index (κ2) is 8.54. The average molecular weight is 376 g/mol. The van der Waals surface area contributed by atoms with Crippen molar-refractivity contribution in [2.24, 2.45) is 11.8 Å². The molecule has 7 heteroatoms. The van der Waals surface area contributed by atoms with E-state index in [0.29, 0.717) is 5.92 Å². The van der Waals surface area contributed by atoms with Gasteiger partial charge >= 0.3 is 0 Å². The van der Waals surface area contributed by atoms with Gasteiger partial charge in [-0.15, -0.1) is 11.3 Å². The highest BCUT2D eigenvalue weighted by Crippen LogP contribution is 2.37. The minimum atomic E-state index is 0.0177. The van der Waals surface area contributed by atoms with Gasteiger partial charge in [-0.05, 0) is 30.9 Å². The lowest BCUT2D eigenvalue weighted by atomic mass is 9.80. The van der Waals surface area contributed by atoms with Crippen LogP contribution < -0.4 is 10.1 Å². The summed E-state index contributed by atoms with van der Waals surface area (Å²) in [6.45, 7) is 0.0922. The van der Waals surface area contributed by atoms with Crippen molar-refractivity contribution in [2.75, 3.05) is 19.4 Å². The van der Waals surface area contributed by atoms with Crippen molar-refractivity contribution in [3.8, 4) is 11.8 Å². The Kier molecular flexibility index (Phi) is 6.16. The smallest absolute Gasteiger partial charge is 0.224 e. The van der Waals surface area contributed by atoms with E-state index in [-0.39, 0.29) is 18.4 Å². The Morgan fingerprint density at radius 3 is 3.12 bits per heavy atom. The Morgan fingerprint density at radius 2 is 2.32 bits per heavy atom. The maximum Gasteiger partial charge on any atom is 0.224 e. The van der Waals surface area contributed by atoms with Crippen molar-refractivity contribution in [1.82, 2.24) is 10.3 Å². The summed E-state index contributed by atoms with van der Waals surface area (Å²) in [4.78, 5) is 17.0. The molecule has 0 radical (unpaired) electrons. The van der Waals surface area contributed by atoms with Gasteiger partial charge in [-0.2, -0.15) is 5.26 Å². The highest BCUT2D eigenvalue weighted by molar-refractivity contribution is 8.01. The van der Waals surface area contributed by atoms with E-state index in [1.54, 1.807) is 30.2 Å². The van der Waals surface area contributed by atoms with E-state index in [1.807, 2.05) is 24.3 Å². The number of hydrogen-bond donors (Lipinski definition) is 1. The molecular weight excluding hydrogens is 354 g/mol. The fourth-order valence-electron chi connectivity index (χ4n) is 3.26. The van der Waals surface area contributed by atoms with Crippen molar-refractivity contribution in [3.05, 3.63) is 18.2 Å². The normalized spacial score (nSPS) is 20.2. The van der Waals surface area contributed by atoms with Crippen molar-refractivity contribution < 1.29 is 9.53 Å². The number of carbonyl (C=O) groups is 1. The van der Waals surface area contributed by atoms with Gasteiger partial charge in [0.1, 0.15) is 12.3 Å². The zero-order valence-electron chi connectivity index (χ0n) is 14.2. The number of amides is 1. The highest BCUT2D eigenvalue weighted by atomic mass is 32.2. The zero-order chi connectivity index (χ0) is 17.6. The molecule has 5 nitrogen and oxygen atoms in total. The number of ether oxygens (including phenoxy) is 1. The fourth-order valence-corrected chi connectivity index (χ4v) is 5.57. The summed E-state index contributed by atoms with van der Waals surface area (Å²) in [7, 11) is 1.66. The van der Waals surface area contributed by atoms with Crippen LogP contribution in [0, 0.1) is 23.2 Å². The van der Waals surface area contributed by atoms with Crippen molar-refractivity contribution in [2.45, 2.75) is 30.0 Å². The monoisotopic (exact) mass is 375 g/mol. The molecule has 1 saturated carbocycles. The number of benzene rings is 1. The van der Waals surface area contributed by atoms with Crippen LogP contribution in [0.5, 0.6) is 5.75 Å². The molecule has 1 fully saturated rings. The Hall–Kier alpha value is -1.78. The average Bonchev–Trinajstić information content (AvgIpc) is 3.06. The number of hydrogen-bond acceptors (Lipinski definition) is 6. The van der Waals surface area contributed by atoms with Crippen LogP contribution in [0.2, 0.25) is 0 Å². The molecule has 132 valence electrons. The molecule has 2 unspecified atom stereocenters. The Morgan fingerprint density at radius 1 is 1.48 bits per heavy atom. The lowest BCUT2D eigenvalue weighted by Crippen LogP contribution is -2.37. The van der Waals surface area contributed by atoms with E-state index in [4.69, 9.17) is 10.00 Å². The number of thioether (sulfide) groups is 1. The van der Waals surface area contributed by atoms with Crippen LogP contribution in [0.4, 0.5) is 0 Å². The third kappa shape index (κ3) is 4.44. The lowest BCUT2D eigenvalue weighted by Gasteiger charge is -2.29. The van der Waals surface area contributed by atoms with Gasteiger partial charge in [0.15, 0.2) is 4.34 Å². The van der Waals surface area contributed by atoms with Gasteiger partial charge in [0.2, 0.25) is 5.91 Å². The topological polar surface area (TPSA) is 75.0 Å². The number of carbonyl (C=O) groups excluding carboxylic acids is 1. The number of rotatable bonds is 6. The standard InChI is InChI=1S/C18H21N3O2S2/c1-23-13-6-7-16-15(10-13)21-18(25-16)24-11-12-4-2-3-5-14(12)17(22)20-9-8-19/h6-7,10,12,14H,2-5,9,11H2,1H3,(H,20,22). The van der Waals surface area contributed by atoms with Crippen LogP contribution in [-0.2, 0) is 4.79 Å². The predicted octanol–water partition coefficient (Wildman–Crippen LogP) is 3.84. The van der Waals surface area contributed by atoms with Crippen LogP contribution in [-0.4, -0.2) is 30.3 Å². The van der Waals surface area contributed by atoms with Gasteiger partial charge in [-0.25, -0.2) is 4.98 Å². The molecule has 1 aromatic heterocycles. The van der Waals surface area contributed by atoms with E-state index in [9.17, 15) is 4.79 Å². The maximum absolute atomic E-state index is 12.3. The minimum absolute atomic E-state index is 0.0177. The molecule has 0 aliphatic heterocycles. The summed E-state index contributed by atoms with van der Waals surface area (Å²) in [5.74, 6) is 2.10. The fraction of sp³-hybridized carbons (Fsp3) is 0.500. The van der Waals surface area contributed by atoms with Gasteiger partial charge in [0.05, 0.1) is 23.4 Å². The first-order chi connectivity index (χ1) is 12.2. The predicted molar refractivity (Wildman–Crippen MR) is 101 cm³/mol. The van der Waals surface area contributed by atoms with Gasteiger partial charge in [0.25, 0.3) is 0 Å². The molecule has 0 bridgehead atoms. The van der Waals surface area contributed by atoms with E-state index in [1.165, 1.54) is 6.42 Å². The molecule has 1 aromatic carbocycles. The molecule has 1 aliphatic carbocycles. The molecule has 0 spiro atoms.